The molecule has 1 heteroatoms. The minimum absolute atomic E-state index is 0.685. The van der Waals surface area contributed by atoms with Gasteiger partial charge in [-0.25, -0.2) is 0 Å². The third-order valence-corrected chi connectivity index (χ3v) is 3.87. The van der Waals surface area contributed by atoms with Gasteiger partial charge in [0.25, 0.3) is 0 Å². The van der Waals surface area contributed by atoms with Gasteiger partial charge in [-0.05, 0) is 67.8 Å². The molecule has 1 atom stereocenters. The van der Waals surface area contributed by atoms with E-state index in [0.717, 1.165) is 13.1 Å². The van der Waals surface area contributed by atoms with Crippen molar-refractivity contribution in [3.8, 4) is 0 Å². The van der Waals surface area contributed by atoms with Crippen molar-refractivity contribution in [2.45, 2.75) is 51.9 Å². The Hall–Kier alpha value is -0.820. The van der Waals surface area contributed by atoms with Crippen molar-refractivity contribution in [2.24, 2.45) is 0 Å². The SMILES string of the molecule is CCCNCCC(C)c1ccc2c(c1)CCC2. The van der Waals surface area contributed by atoms with E-state index in [9.17, 15) is 0 Å². The second-order valence-corrected chi connectivity index (χ2v) is 5.32. The van der Waals surface area contributed by atoms with E-state index in [-0.39, 0.29) is 0 Å². The van der Waals surface area contributed by atoms with E-state index in [4.69, 9.17) is 0 Å². The Morgan fingerprint density at radius 3 is 2.82 bits per heavy atom. The van der Waals surface area contributed by atoms with Crippen LogP contribution in [0.1, 0.15) is 55.7 Å². The molecule has 0 radical (unpaired) electrons. The molecule has 0 saturated carbocycles. The van der Waals surface area contributed by atoms with Gasteiger partial charge in [-0.3, -0.25) is 0 Å². The zero-order chi connectivity index (χ0) is 12.1. The standard InChI is InChI=1S/C16H25N/c1-3-10-17-11-9-13(2)15-8-7-14-5-4-6-16(14)12-15/h7-8,12-13,17H,3-6,9-11H2,1-2H3. The molecule has 0 fully saturated rings. The molecule has 0 heterocycles. The van der Waals surface area contributed by atoms with Gasteiger partial charge in [0.05, 0.1) is 0 Å². The monoisotopic (exact) mass is 231 g/mol. The molecule has 1 aliphatic carbocycles. The maximum atomic E-state index is 3.49. The number of rotatable bonds is 6. The van der Waals surface area contributed by atoms with Crippen molar-refractivity contribution in [1.29, 1.82) is 0 Å². The Morgan fingerprint density at radius 1 is 1.18 bits per heavy atom. The molecule has 17 heavy (non-hydrogen) atoms. The van der Waals surface area contributed by atoms with Gasteiger partial charge in [0.15, 0.2) is 0 Å². The van der Waals surface area contributed by atoms with Gasteiger partial charge in [-0.15, -0.1) is 0 Å². The van der Waals surface area contributed by atoms with Crippen LogP contribution in [0, 0.1) is 0 Å². The van der Waals surface area contributed by atoms with E-state index in [2.05, 4.69) is 37.4 Å². The molecule has 0 saturated heterocycles. The molecule has 1 aromatic rings. The van der Waals surface area contributed by atoms with E-state index in [1.54, 1.807) is 11.1 Å². The number of fused-ring (bicyclic) bond motifs is 1. The lowest BCUT2D eigenvalue weighted by Crippen LogP contribution is -2.17. The molecule has 0 bridgehead atoms. The summed E-state index contributed by atoms with van der Waals surface area (Å²) in [5.41, 5.74) is 4.73. The summed E-state index contributed by atoms with van der Waals surface area (Å²) in [5, 5.41) is 3.49. The molecule has 1 nitrogen and oxygen atoms in total. The molecule has 1 unspecified atom stereocenters. The van der Waals surface area contributed by atoms with E-state index < -0.39 is 0 Å². The fraction of sp³-hybridized carbons (Fsp3) is 0.625. The molecule has 1 N–H and O–H groups in total. The highest BCUT2D eigenvalue weighted by molar-refractivity contribution is 5.36. The van der Waals surface area contributed by atoms with Gasteiger partial charge >= 0.3 is 0 Å². The first-order valence-electron chi connectivity index (χ1n) is 7.13. The maximum Gasteiger partial charge on any atom is -0.00432 e. The van der Waals surface area contributed by atoms with Crippen molar-refractivity contribution >= 4 is 0 Å². The predicted molar refractivity (Wildman–Crippen MR) is 74.7 cm³/mol. The van der Waals surface area contributed by atoms with E-state index >= 15 is 0 Å². The topological polar surface area (TPSA) is 12.0 Å². The van der Waals surface area contributed by atoms with Crippen LogP contribution in [-0.4, -0.2) is 13.1 Å². The van der Waals surface area contributed by atoms with Crippen LogP contribution in [0.3, 0.4) is 0 Å². The van der Waals surface area contributed by atoms with Crippen LogP contribution in [0.2, 0.25) is 0 Å². The smallest absolute Gasteiger partial charge is 0.00432 e. The Balaban J connectivity index is 1.88. The molecule has 1 aromatic carbocycles. The van der Waals surface area contributed by atoms with Crippen molar-refractivity contribution in [1.82, 2.24) is 5.32 Å². The Morgan fingerprint density at radius 2 is 2.00 bits per heavy atom. The van der Waals surface area contributed by atoms with Crippen molar-refractivity contribution in [2.75, 3.05) is 13.1 Å². The lowest BCUT2D eigenvalue weighted by molar-refractivity contribution is 0.590. The van der Waals surface area contributed by atoms with Crippen LogP contribution in [0.25, 0.3) is 0 Å². The first kappa shape index (κ1) is 12.6. The summed E-state index contributed by atoms with van der Waals surface area (Å²) in [6.07, 6.45) is 6.42. The number of hydrogen-bond donors (Lipinski definition) is 1. The average molecular weight is 231 g/mol. The van der Waals surface area contributed by atoms with Crippen LogP contribution in [0.4, 0.5) is 0 Å². The molecule has 0 aliphatic heterocycles. The summed E-state index contributed by atoms with van der Waals surface area (Å²) >= 11 is 0. The summed E-state index contributed by atoms with van der Waals surface area (Å²) in [6.45, 7) is 6.87. The summed E-state index contributed by atoms with van der Waals surface area (Å²) in [6, 6.07) is 7.15. The van der Waals surface area contributed by atoms with Crippen LogP contribution in [0.5, 0.6) is 0 Å². The van der Waals surface area contributed by atoms with Gasteiger partial charge in [0.2, 0.25) is 0 Å². The lowest BCUT2D eigenvalue weighted by Gasteiger charge is -2.14. The molecular formula is C16H25N. The second-order valence-electron chi connectivity index (χ2n) is 5.32. The first-order chi connectivity index (χ1) is 8.31. The molecular weight excluding hydrogens is 206 g/mol. The van der Waals surface area contributed by atoms with E-state index in [0.29, 0.717) is 5.92 Å². The average Bonchev–Trinajstić information content (AvgIpc) is 2.81. The molecule has 0 amide bonds. The summed E-state index contributed by atoms with van der Waals surface area (Å²) in [5.74, 6) is 0.685. The minimum Gasteiger partial charge on any atom is -0.317 e. The third-order valence-electron chi connectivity index (χ3n) is 3.87. The maximum absolute atomic E-state index is 3.49. The molecule has 0 aromatic heterocycles. The quantitative estimate of drug-likeness (QED) is 0.737. The molecule has 94 valence electrons. The lowest BCUT2D eigenvalue weighted by atomic mass is 9.94. The third kappa shape index (κ3) is 3.32. The number of hydrogen-bond acceptors (Lipinski definition) is 1. The van der Waals surface area contributed by atoms with E-state index in [1.165, 1.54) is 37.7 Å². The zero-order valence-corrected chi connectivity index (χ0v) is 11.3. The Bertz CT molecular complexity index is 357. The highest BCUT2D eigenvalue weighted by Gasteiger charge is 2.13. The van der Waals surface area contributed by atoms with E-state index in [1.807, 2.05) is 0 Å². The first-order valence-corrected chi connectivity index (χ1v) is 7.13. The van der Waals surface area contributed by atoms with Crippen LogP contribution < -0.4 is 5.32 Å². The largest absolute Gasteiger partial charge is 0.317 e. The Labute approximate surface area is 106 Å². The summed E-state index contributed by atoms with van der Waals surface area (Å²) in [4.78, 5) is 0. The van der Waals surface area contributed by atoms with Gasteiger partial charge in [0.1, 0.15) is 0 Å². The normalized spacial score (nSPS) is 15.9. The van der Waals surface area contributed by atoms with Crippen LogP contribution in [0.15, 0.2) is 18.2 Å². The van der Waals surface area contributed by atoms with Gasteiger partial charge in [-0.2, -0.15) is 0 Å². The van der Waals surface area contributed by atoms with Crippen LogP contribution in [-0.2, 0) is 12.8 Å². The molecule has 0 spiro atoms. The second kappa shape index (κ2) is 6.20. The number of aryl methyl sites for hydroxylation is 2. The van der Waals surface area contributed by atoms with Gasteiger partial charge < -0.3 is 5.32 Å². The predicted octanol–water partition coefficient (Wildman–Crippen LogP) is 3.67. The van der Waals surface area contributed by atoms with Crippen LogP contribution >= 0.6 is 0 Å². The number of benzene rings is 1. The Kier molecular flexibility index (Phi) is 4.61. The highest BCUT2D eigenvalue weighted by atomic mass is 14.8. The fourth-order valence-electron chi connectivity index (χ4n) is 2.69. The number of nitrogens with one attached hydrogen (secondary N) is 1. The van der Waals surface area contributed by atoms with Crippen molar-refractivity contribution in [3.05, 3.63) is 34.9 Å². The molecule has 1 aliphatic rings. The highest BCUT2D eigenvalue weighted by Crippen LogP contribution is 2.27. The van der Waals surface area contributed by atoms with Crippen molar-refractivity contribution in [3.63, 3.8) is 0 Å². The summed E-state index contributed by atoms with van der Waals surface area (Å²) in [7, 11) is 0. The van der Waals surface area contributed by atoms with Crippen molar-refractivity contribution < 1.29 is 0 Å². The minimum atomic E-state index is 0.685. The zero-order valence-electron chi connectivity index (χ0n) is 11.3. The molecule has 2 rings (SSSR count). The summed E-state index contributed by atoms with van der Waals surface area (Å²) < 4.78 is 0. The fourth-order valence-corrected chi connectivity index (χ4v) is 2.69. The van der Waals surface area contributed by atoms with Gasteiger partial charge in [-0.1, -0.05) is 32.0 Å². The van der Waals surface area contributed by atoms with Gasteiger partial charge in [0, 0.05) is 0 Å².